The summed E-state index contributed by atoms with van der Waals surface area (Å²) < 4.78 is 39.7. The van der Waals surface area contributed by atoms with E-state index in [0.717, 1.165) is 109 Å². The van der Waals surface area contributed by atoms with Crippen LogP contribution in [0, 0.1) is 0 Å². The minimum absolute atomic E-state index is 0.122. The number of esters is 3. The van der Waals surface area contributed by atoms with Gasteiger partial charge in [-0.25, -0.2) is 4.57 Å². The SMILES string of the molecule is CC/C=C\C/C=C\C/C=C\C/C=C\CCCCC(=O)OC(CO)COP(=O)(O)OCC(COC(=O)CCCCCCCC/C=C\C/C=C\C/C=C\CCCCC)OC(=O)CCCCCCCCCCCCCCCCCCCCC. The van der Waals surface area contributed by atoms with Gasteiger partial charge in [0, 0.05) is 19.3 Å². The molecule has 0 saturated heterocycles. The zero-order valence-electron chi connectivity index (χ0n) is 51.3. The fourth-order valence-electron chi connectivity index (χ4n) is 8.89. The van der Waals surface area contributed by atoms with Crippen LogP contribution in [-0.2, 0) is 42.2 Å². The quantitative estimate of drug-likeness (QED) is 0.0197. The smallest absolute Gasteiger partial charge is 0.462 e. The van der Waals surface area contributed by atoms with Gasteiger partial charge in [0.25, 0.3) is 0 Å². The van der Waals surface area contributed by atoms with Crippen LogP contribution >= 0.6 is 7.82 Å². The van der Waals surface area contributed by atoms with Gasteiger partial charge >= 0.3 is 25.7 Å². The van der Waals surface area contributed by atoms with E-state index in [2.05, 4.69) is 106 Å². The van der Waals surface area contributed by atoms with Gasteiger partial charge in [-0.1, -0.05) is 260 Å². The Morgan fingerprint density at radius 1 is 0.362 bits per heavy atom. The van der Waals surface area contributed by atoms with Gasteiger partial charge in [-0.05, 0) is 96.3 Å². The third-order valence-corrected chi connectivity index (χ3v) is 14.8. The van der Waals surface area contributed by atoms with Crippen LogP contribution in [0.1, 0.15) is 290 Å². The molecule has 0 spiro atoms. The molecule has 3 atom stereocenters. The number of phosphoric acid groups is 1. The summed E-state index contributed by atoms with van der Waals surface area (Å²) in [6.07, 6.45) is 72.5. The lowest BCUT2D eigenvalue weighted by Gasteiger charge is -2.21. The number of carbonyl (C=O) groups is 3. The number of hydrogen-bond donors (Lipinski definition) is 2. The first-order chi connectivity index (χ1) is 39.2. The van der Waals surface area contributed by atoms with Gasteiger partial charge in [0.2, 0.25) is 0 Å². The van der Waals surface area contributed by atoms with Crippen molar-refractivity contribution in [3.05, 3.63) is 85.1 Å². The first kappa shape index (κ1) is 76.7. The van der Waals surface area contributed by atoms with Gasteiger partial charge in [-0.15, -0.1) is 0 Å². The van der Waals surface area contributed by atoms with Crippen LogP contribution in [0.5, 0.6) is 0 Å². The van der Waals surface area contributed by atoms with E-state index in [-0.39, 0.29) is 25.9 Å². The molecule has 462 valence electrons. The molecule has 0 fully saturated rings. The fourth-order valence-corrected chi connectivity index (χ4v) is 9.67. The summed E-state index contributed by atoms with van der Waals surface area (Å²) in [6, 6.07) is 0. The van der Waals surface area contributed by atoms with E-state index in [0.29, 0.717) is 19.3 Å². The van der Waals surface area contributed by atoms with E-state index in [9.17, 15) is 28.9 Å². The summed E-state index contributed by atoms with van der Waals surface area (Å²) in [7, 11) is -4.77. The van der Waals surface area contributed by atoms with Crippen molar-refractivity contribution >= 4 is 25.7 Å². The molecule has 2 N–H and O–H groups in total. The summed E-state index contributed by atoms with van der Waals surface area (Å²) in [5.41, 5.74) is 0. The number of allylic oxidation sites excluding steroid dienone is 14. The highest BCUT2D eigenvalue weighted by Crippen LogP contribution is 2.43. The number of rotatable bonds is 60. The molecule has 3 unspecified atom stereocenters. The molecule has 0 radical (unpaired) electrons. The maximum atomic E-state index is 13.0. The maximum absolute atomic E-state index is 13.0. The number of ether oxygens (including phenoxy) is 3. The lowest BCUT2D eigenvalue weighted by molar-refractivity contribution is -0.161. The molecule has 0 aliphatic carbocycles. The topological polar surface area (TPSA) is 155 Å². The van der Waals surface area contributed by atoms with Gasteiger partial charge in [0.1, 0.15) is 12.7 Å². The molecule has 0 aromatic heterocycles. The van der Waals surface area contributed by atoms with Crippen LogP contribution in [0.25, 0.3) is 0 Å². The summed E-state index contributed by atoms with van der Waals surface area (Å²) in [5, 5.41) is 9.84. The van der Waals surface area contributed by atoms with Crippen molar-refractivity contribution in [2.45, 2.75) is 303 Å². The van der Waals surface area contributed by atoms with Crippen molar-refractivity contribution in [2.75, 3.05) is 26.4 Å². The average molecular weight is 1140 g/mol. The minimum Gasteiger partial charge on any atom is -0.462 e. The number of aliphatic hydroxyl groups excluding tert-OH is 1. The van der Waals surface area contributed by atoms with Crippen LogP contribution < -0.4 is 0 Å². The van der Waals surface area contributed by atoms with E-state index in [1.54, 1.807) is 0 Å². The molecule has 0 aliphatic rings. The van der Waals surface area contributed by atoms with Gasteiger partial charge < -0.3 is 24.2 Å². The van der Waals surface area contributed by atoms with E-state index < -0.39 is 57.8 Å². The number of phosphoric ester groups is 1. The van der Waals surface area contributed by atoms with Crippen molar-refractivity contribution in [2.24, 2.45) is 0 Å². The first-order valence-electron chi connectivity index (χ1n) is 32.5. The second-order valence-electron chi connectivity index (χ2n) is 21.6. The third-order valence-electron chi connectivity index (χ3n) is 13.8. The molecule has 0 aromatic rings. The van der Waals surface area contributed by atoms with Gasteiger partial charge in [0.15, 0.2) is 6.10 Å². The highest BCUT2D eigenvalue weighted by molar-refractivity contribution is 7.47. The molecule has 80 heavy (non-hydrogen) atoms. The normalized spacial score (nSPS) is 13.8. The Hall–Kier alpha value is -3.34. The lowest BCUT2D eigenvalue weighted by Crippen LogP contribution is -2.30. The Bertz CT molecular complexity index is 1670. The van der Waals surface area contributed by atoms with Crippen LogP contribution in [0.2, 0.25) is 0 Å². The zero-order valence-corrected chi connectivity index (χ0v) is 52.2. The standard InChI is InChI=1S/C68H119O11P/c1-4-7-10-13-16-19-22-25-28-30-32-34-37-39-42-45-48-51-54-57-66(70)75-61-65(79-68(72)59-56-53-50-47-44-41-38-35-33-31-29-26-23-20-17-14-11-8-5-2)63-77-80(73,74)76-62-64(60-69)78-67(71)58-55-52-49-46-43-40-36-27-24-21-18-15-12-9-6-3/h9,12,16,18-19,21,25,27-28,32,34,36,43,46,64-65,69H,4-8,10-11,13-15,17,20,22-24,26,29-31,33,35,37-42,44-45,47-63H2,1-3H3,(H,73,74)/b12-9-,19-16-,21-18-,28-25-,34-32-,36-27-,46-43-. The highest BCUT2D eigenvalue weighted by Gasteiger charge is 2.28. The van der Waals surface area contributed by atoms with E-state index in [1.165, 1.54) is 122 Å². The van der Waals surface area contributed by atoms with Crippen LogP contribution in [0.3, 0.4) is 0 Å². The predicted octanol–water partition coefficient (Wildman–Crippen LogP) is 19.8. The maximum Gasteiger partial charge on any atom is 0.472 e. The Morgan fingerprint density at radius 2 is 0.650 bits per heavy atom. The van der Waals surface area contributed by atoms with Gasteiger partial charge in [-0.3, -0.25) is 23.4 Å². The molecule has 0 bridgehead atoms. The zero-order chi connectivity index (χ0) is 58.3. The first-order valence-corrected chi connectivity index (χ1v) is 34.0. The third kappa shape index (κ3) is 59.3. The summed E-state index contributed by atoms with van der Waals surface area (Å²) >= 11 is 0. The van der Waals surface area contributed by atoms with Crippen LogP contribution in [0.15, 0.2) is 85.1 Å². The predicted molar refractivity (Wildman–Crippen MR) is 334 cm³/mol. The highest BCUT2D eigenvalue weighted by atomic mass is 31.2. The largest absolute Gasteiger partial charge is 0.472 e. The second-order valence-corrected chi connectivity index (χ2v) is 23.0. The second kappa shape index (κ2) is 61.7. The fraction of sp³-hybridized carbons (Fsp3) is 0.750. The Morgan fingerprint density at radius 3 is 1.05 bits per heavy atom. The van der Waals surface area contributed by atoms with Crippen molar-refractivity contribution < 1.29 is 52.2 Å². The van der Waals surface area contributed by atoms with Crippen molar-refractivity contribution in [1.29, 1.82) is 0 Å². The molecular weight excluding hydrogens is 1020 g/mol. The van der Waals surface area contributed by atoms with Crippen LogP contribution in [0.4, 0.5) is 0 Å². The molecule has 0 aromatic carbocycles. The van der Waals surface area contributed by atoms with E-state index in [4.69, 9.17) is 23.3 Å². The molecule has 0 saturated carbocycles. The number of carbonyl (C=O) groups excluding carboxylic acids is 3. The minimum atomic E-state index is -4.77. The van der Waals surface area contributed by atoms with Crippen molar-refractivity contribution in [3.8, 4) is 0 Å². The average Bonchev–Trinajstić information content (AvgIpc) is 3.45. The molecule has 11 nitrogen and oxygen atoms in total. The van der Waals surface area contributed by atoms with E-state index >= 15 is 0 Å². The van der Waals surface area contributed by atoms with Gasteiger partial charge in [-0.2, -0.15) is 0 Å². The molecule has 0 aliphatic heterocycles. The molecule has 0 rings (SSSR count). The van der Waals surface area contributed by atoms with Crippen LogP contribution in [-0.4, -0.2) is 66.5 Å². The summed E-state index contributed by atoms with van der Waals surface area (Å²) in [4.78, 5) is 48.8. The number of unbranched alkanes of at least 4 members (excludes halogenated alkanes) is 29. The summed E-state index contributed by atoms with van der Waals surface area (Å²) in [5.74, 6) is -1.51. The Labute approximate surface area is 490 Å². The molecule has 0 heterocycles. The molecule has 0 amide bonds. The molecule has 12 heteroatoms. The van der Waals surface area contributed by atoms with Crippen molar-refractivity contribution in [3.63, 3.8) is 0 Å². The van der Waals surface area contributed by atoms with E-state index in [1.807, 2.05) is 0 Å². The van der Waals surface area contributed by atoms with Gasteiger partial charge in [0.05, 0.1) is 19.8 Å². The number of hydrogen-bond acceptors (Lipinski definition) is 10. The van der Waals surface area contributed by atoms with Crippen molar-refractivity contribution in [1.82, 2.24) is 0 Å². The molecular formula is C68H119O11P. The monoisotopic (exact) mass is 1140 g/mol. The number of aliphatic hydroxyl groups is 1. The Balaban J connectivity index is 4.75. The Kier molecular flexibility index (Phi) is 59.1. The lowest BCUT2D eigenvalue weighted by atomic mass is 10.0. The summed E-state index contributed by atoms with van der Waals surface area (Å²) in [6.45, 7) is 4.49.